The summed E-state index contributed by atoms with van der Waals surface area (Å²) >= 11 is 0. The van der Waals surface area contributed by atoms with Crippen molar-refractivity contribution in [2.45, 2.75) is 0 Å². The Labute approximate surface area is 357 Å². The van der Waals surface area contributed by atoms with Crippen LogP contribution in [0.4, 0.5) is 0 Å². The first-order valence-electron chi connectivity index (χ1n) is 20.8. The molecule has 0 aliphatic rings. The molecule has 5 nitrogen and oxygen atoms in total. The van der Waals surface area contributed by atoms with Gasteiger partial charge in [-0.2, -0.15) is 0 Å². The largest absolute Gasteiger partial charge is 0.456 e. The van der Waals surface area contributed by atoms with E-state index in [1.54, 1.807) is 0 Å². The summed E-state index contributed by atoms with van der Waals surface area (Å²) in [5.74, 6) is 0.655. The van der Waals surface area contributed by atoms with Crippen molar-refractivity contribution in [1.82, 2.24) is 19.5 Å². The molecule has 0 saturated heterocycles. The molecule has 0 aliphatic carbocycles. The number of nitrogens with zero attached hydrogens (tertiary/aromatic N) is 4. The number of para-hydroxylation sites is 2. The maximum atomic E-state index is 6.44. The Balaban J connectivity index is 1.17. The summed E-state index contributed by atoms with van der Waals surface area (Å²) in [6.07, 6.45) is 0. The molecule has 0 bridgehead atoms. The van der Waals surface area contributed by atoms with Gasteiger partial charge in [0.2, 0.25) is 0 Å². The molecule has 0 radical (unpaired) electrons. The van der Waals surface area contributed by atoms with Crippen molar-refractivity contribution < 1.29 is 4.42 Å². The number of benzene rings is 8. The second-order valence-corrected chi connectivity index (χ2v) is 15.6. The summed E-state index contributed by atoms with van der Waals surface area (Å²) in [7, 11) is 0. The normalized spacial score (nSPS) is 11.5. The molecule has 4 heterocycles. The van der Waals surface area contributed by atoms with E-state index in [0.717, 1.165) is 111 Å². The Morgan fingerprint density at radius 1 is 0.323 bits per heavy atom. The van der Waals surface area contributed by atoms with E-state index in [2.05, 4.69) is 180 Å². The van der Waals surface area contributed by atoms with Crippen molar-refractivity contribution in [1.29, 1.82) is 0 Å². The van der Waals surface area contributed by atoms with Crippen LogP contribution in [-0.2, 0) is 0 Å². The van der Waals surface area contributed by atoms with Crippen LogP contribution in [0.3, 0.4) is 0 Å². The van der Waals surface area contributed by atoms with Gasteiger partial charge in [0.25, 0.3) is 0 Å². The summed E-state index contributed by atoms with van der Waals surface area (Å²) < 4.78 is 8.83. The topological polar surface area (TPSA) is 56.7 Å². The fourth-order valence-electron chi connectivity index (χ4n) is 8.92. The van der Waals surface area contributed by atoms with Crippen LogP contribution in [0.5, 0.6) is 0 Å². The molecule has 12 rings (SSSR count). The molecule has 0 aliphatic heterocycles. The third-order valence-electron chi connectivity index (χ3n) is 11.8. The van der Waals surface area contributed by atoms with Crippen LogP contribution in [0, 0.1) is 0 Å². The van der Waals surface area contributed by atoms with Gasteiger partial charge in [0.15, 0.2) is 5.82 Å². The third kappa shape index (κ3) is 6.06. The van der Waals surface area contributed by atoms with Crippen LogP contribution in [-0.4, -0.2) is 19.5 Å². The molecular weight excluding hydrogens is 757 g/mol. The van der Waals surface area contributed by atoms with Crippen molar-refractivity contribution in [3.05, 3.63) is 218 Å². The molecule has 0 fully saturated rings. The second-order valence-electron chi connectivity index (χ2n) is 15.6. The minimum atomic E-state index is 0.655. The summed E-state index contributed by atoms with van der Waals surface area (Å²) in [5, 5.41) is 4.51. The molecule has 0 N–H and O–H groups in total. The zero-order valence-electron chi connectivity index (χ0n) is 33.5. The third-order valence-corrected chi connectivity index (χ3v) is 11.8. The standard InChI is InChI=1S/C57H36N4O/c1-5-17-37(18-6-1)42-34-46(38-19-7-2-8-20-38)58-47(35-42)41-29-30-51(45(33-41)49-36-48(39-21-9-3-10-22-39)59-57(60-49)40-23-11-4-12-24-40)61-50-27-15-13-25-43(50)55-52(61)31-32-54-56(55)44-26-14-16-28-53(44)62-54/h1-36H. The van der Waals surface area contributed by atoms with Gasteiger partial charge < -0.3 is 8.98 Å². The maximum Gasteiger partial charge on any atom is 0.160 e. The van der Waals surface area contributed by atoms with Gasteiger partial charge in [0.1, 0.15) is 11.2 Å². The smallest absolute Gasteiger partial charge is 0.160 e. The fourth-order valence-corrected chi connectivity index (χ4v) is 8.92. The lowest BCUT2D eigenvalue weighted by atomic mass is 9.97. The zero-order chi connectivity index (χ0) is 41.0. The Morgan fingerprint density at radius 3 is 1.60 bits per heavy atom. The molecule has 0 spiro atoms. The van der Waals surface area contributed by atoms with Gasteiger partial charge in [-0.25, -0.2) is 15.0 Å². The van der Waals surface area contributed by atoms with Gasteiger partial charge in [0, 0.05) is 49.4 Å². The summed E-state index contributed by atoms with van der Waals surface area (Å²) in [4.78, 5) is 16.0. The molecule has 290 valence electrons. The lowest BCUT2D eigenvalue weighted by Crippen LogP contribution is -2.02. The molecule has 0 saturated carbocycles. The highest BCUT2D eigenvalue weighted by molar-refractivity contribution is 6.27. The van der Waals surface area contributed by atoms with E-state index in [9.17, 15) is 0 Å². The average Bonchev–Trinajstić information content (AvgIpc) is 3.90. The summed E-state index contributed by atoms with van der Waals surface area (Å²) in [6.45, 7) is 0. The van der Waals surface area contributed by atoms with Gasteiger partial charge in [0.05, 0.1) is 39.5 Å². The van der Waals surface area contributed by atoms with Gasteiger partial charge in [-0.1, -0.05) is 164 Å². The highest BCUT2D eigenvalue weighted by Gasteiger charge is 2.23. The predicted molar refractivity (Wildman–Crippen MR) is 254 cm³/mol. The van der Waals surface area contributed by atoms with Crippen molar-refractivity contribution in [2.75, 3.05) is 0 Å². The Kier molecular flexibility index (Phi) is 8.42. The number of fused-ring (bicyclic) bond motifs is 7. The minimum Gasteiger partial charge on any atom is -0.456 e. The molecule has 5 heteroatoms. The Morgan fingerprint density at radius 2 is 0.887 bits per heavy atom. The van der Waals surface area contributed by atoms with E-state index >= 15 is 0 Å². The molecule has 4 aromatic heterocycles. The van der Waals surface area contributed by atoms with E-state index in [4.69, 9.17) is 19.4 Å². The van der Waals surface area contributed by atoms with Crippen LogP contribution in [0.1, 0.15) is 0 Å². The number of aromatic nitrogens is 4. The number of pyridine rings is 1. The molecular formula is C57H36N4O. The number of furan rings is 1. The Bertz CT molecular complexity index is 3500. The maximum absolute atomic E-state index is 6.44. The van der Waals surface area contributed by atoms with E-state index in [-0.39, 0.29) is 0 Å². The lowest BCUT2D eigenvalue weighted by molar-refractivity contribution is 0.669. The van der Waals surface area contributed by atoms with Gasteiger partial charge in [-0.05, 0) is 65.7 Å². The van der Waals surface area contributed by atoms with Crippen molar-refractivity contribution in [2.24, 2.45) is 0 Å². The molecule has 12 aromatic rings. The van der Waals surface area contributed by atoms with E-state index in [0.29, 0.717) is 5.82 Å². The highest BCUT2D eigenvalue weighted by Crippen LogP contribution is 2.44. The minimum absolute atomic E-state index is 0.655. The summed E-state index contributed by atoms with van der Waals surface area (Å²) in [5.41, 5.74) is 15.5. The van der Waals surface area contributed by atoms with E-state index in [1.165, 1.54) is 0 Å². The molecule has 62 heavy (non-hydrogen) atoms. The van der Waals surface area contributed by atoms with Crippen LogP contribution >= 0.6 is 0 Å². The van der Waals surface area contributed by atoms with Crippen LogP contribution < -0.4 is 0 Å². The van der Waals surface area contributed by atoms with Gasteiger partial charge in [-0.3, -0.25) is 0 Å². The van der Waals surface area contributed by atoms with Crippen LogP contribution in [0.25, 0.3) is 117 Å². The predicted octanol–water partition coefficient (Wildman–Crippen LogP) is 14.9. The molecule has 0 amide bonds. The summed E-state index contributed by atoms with van der Waals surface area (Å²) in [6, 6.07) is 76.0. The fraction of sp³-hybridized carbons (Fsp3) is 0. The molecule has 0 atom stereocenters. The number of hydrogen-bond donors (Lipinski definition) is 0. The van der Waals surface area contributed by atoms with Crippen molar-refractivity contribution in [3.63, 3.8) is 0 Å². The monoisotopic (exact) mass is 792 g/mol. The van der Waals surface area contributed by atoms with Gasteiger partial charge >= 0.3 is 0 Å². The van der Waals surface area contributed by atoms with E-state index in [1.807, 2.05) is 42.5 Å². The number of hydrogen-bond acceptors (Lipinski definition) is 4. The first kappa shape index (κ1) is 35.5. The first-order chi connectivity index (χ1) is 30.7. The van der Waals surface area contributed by atoms with Crippen molar-refractivity contribution >= 4 is 43.7 Å². The molecule has 0 unspecified atom stereocenters. The first-order valence-corrected chi connectivity index (χ1v) is 20.8. The van der Waals surface area contributed by atoms with Crippen molar-refractivity contribution in [3.8, 4) is 73.2 Å². The average molecular weight is 793 g/mol. The van der Waals surface area contributed by atoms with Crippen LogP contribution in [0.2, 0.25) is 0 Å². The SMILES string of the molecule is c1ccc(-c2cc(-c3ccccc3)nc(-c3ccc(-n4c5ccccc5c5c6c(ccc54)oc4ccccc46)c(-c4cc(-c5ccccc5)nc(-c5ccccc5)n4)c3)c2)cc1. The van der Waals surface area contributed by atoms with E-state index < -0.39 is 0 Å². The van der Waals surface area contributed by atoms with Crippen LogP contribution in [0.15, 0.2) is 223 Å². The quantitative estimate of drug-likeness (QED) is 0.161. The lowest BCUT2D eigenvalue weighted by Gasteiger charge is -2.17. The zero-order valence-corrected chi connectivity index (χ0v) is 33.5. The Hall–Kier alpha value is -8.41. The van der Waals surface area contributed by atoms with Gasteiger partial charge in [-0.15, -0.1) is 0 Å². The number of rotatable bonds is 7. The molecule has 8 aromatic carbocycles. The second kappa shape index (κ2) is 14.7. The highest BCUT2D eigenvalue weighted by atomic mass is 16.3.